The van der Waals surface area contributed by atoms with E-state index in [1.807, 2.05) is 13.8 Å². The SMILES string of the molecule is C=C(C[C@@H](C#N)CC(C)C)O[O-].CC(C)C[C@H](CN)CC(=O)O. The maximum absolute atomic E-state index is 10.3. The number of carboxylic acids is 1. The van der Waals surface area contributed by atoms with Crippen LogP contribution in [-0.4, -0.2) is 17.6 Å². The van der Waals surface area contributed by atoms with Crippen molar-refractivity contribution in [2.24, 2.45) is 29.4 Å². The Balaban J connectivity index is 0. The van der Waals surface area contributed by atoms with Crippen molar-refractivity contribution < 1.29 is 20.0 Å². The van der Waals surface area contributed by atoms with Crippen LogP contribution in [0.15, 0.2) is 12.3 Å². The van der Waals surface area contributed by atoms with Crippen molar-refractivity contribution in [2.45, 2.75) is 53.4 Å². The largest absolute Gasteiger partial charge is 0.664 e. The van der Waals surface area contributed by atoms with E-state index >= 15 is 0 Å². The molecule has 0 aliphatic heterocycles. The fourth-order valence-electron chi connectivity index (χ4n) is 2.24. The lowest BCUT2D eigenvalue weighted by molar-refractivity contribution is -0.672. The Morgan fingerprint density at radius 3 is 2.09 bits per heavy atom. The first-order chi connectivity index (χ1) is 10.7. The van der Waals surface area contributed by atoms with Crippen molar-refractivity contribution in [1.29, 1.82) is 5.26 Å². The molecule has 0 aliphatic carbocycles. The molecular formula is C17H31N2O4-. The third-order valence-electron chi connectivity index (χ3n) is 3.13. The molecule has 0 radical (unpaired) electrons. The fraction of sp³-hybridized carbons (Fsp3) is 0.765. The van der Waals surface area contributed by atoms with Gasteiger partial charge in [0.15, 0.2) is 0 Å². The molecule has 6 nitrogen and oxygen atoms in total. The monoisotopic (exact) mass is 327 g/mol. The standard InChI is InChI=1S/C9H15NO2.C8H17NO2/c1-7(2)4-9(6-10)5-8(3)12-11;1-6(2)3-7(5-9)4-8(10)11/h7,9,11H,3-5H2,1-2H3;6-7H,3-5,9H2,1-2H3,(H,10,11)/p-1/t9-;7-/m00/s1. The molecule has 2 atom stereocenters. The summed E-state index contributed by atoms with van der Waals surface area (Å²) in [5.74, 6) is 0.374. The number of allylic oxidation sites excluding steroid dienone is 1. The third kappa shape index (κ3) is 16.6. The molecule has 0 saturated heterocycles. The number of nitrogens with two attached hydrogens (primary N) is 1. The Labute approximate surface area is 139 Å². The lowest BCUT2D eigenvalue weighted by atomic mass is 9.94. The zero-order valence-corrected chi connectivity index (χ0v) is 14.7. The molecule has 23 heavy (non-hydrogen) atoms. The minimum absolute atomic E-state index is 0.141. The number of aliphatic carboxylic acids is 1. The quantitative estimate of drug-likeness (QED) is 0.361. The van der Waals surface area contributed by atoms with Crippen LogP contribution >= 0.6 is 0 Å². The summed E-state index contributed by atoms with van der Waals surface area (Å²) in [7, 11) is 0. The zero-order chi connectivity index (χ0) is 18.4. The molecule has 0 amide bonds. The van der Waals surface area contributed by atoms with Gasteiger partial charge in [-0.15, -0.1) is 0 Å². The van der Waals surface area contributed by atoms with Crippen molar-refractivity contribution in [3.05, 3.63) is 12.3 Å². The summed E-state index contributed by atoms with van der Waals surface area (Å²) in [6.07, 6.45) is 2.23. The Bertz CT molecular complexity index is 375. The Kier molecular flexibility index (Phi) is 14.5. The normalized spacial score (nSPS) is 12.8. The number of nitriles is 1. The summed E-state index contributed by atoms with van der Waals surface area (Å²) in [6, 6.07) is 2.12. The Hall–Kier alpha value is -1.58. The van der Waals surface area contributed by atoms with Gasteiger partial charge in [-0.3, -0.25) is 4.79 Å². The van der Waals surface area contributed by atoms with Gasteiger partial charge in [0.05, 0.1) is 17.7 Å². The van der Waals surface area contributed by atoms with E-state index in [0.29, 0.717) is 24.8 Å². The Morgan fingerprint density at radius 1 is 1.26 bits per heavy atom. The van der Waals surface area contributed by atoms with Crippen LogP contribution in [-0.2, 0) is 9.68 Å². The molecule has 6 heteroatoms. The smallest absolute Gasteiger partial charge is 0.303 e. The van der Waals surface area contributed by atoms with E-state index in [4.69, 9.17) is 16.1 Å². The van der Waals surface area contributed by atoms with E-state index in [9.17, 15) is 10.1 Å². The molecule has 3 N–H and O–H groups in total. The summed E-state index contributed by atoms with van der Waals surface area (Å²) in [6.45, 7) is 12.1. The van der Waals surface area contributed by atoms with Crippen LogP contribution in [0.1, 0.15) is 53.4 Å². The molecule has 0 unspecified atom stereocenters. The molecule has 0 rings (SSSR count). The van der Waals surface area contributed by atoms with Gasteiger partial charge in [-0.05, 0) is 37.1 Å². The first-order valence-corrected chi connectivity index (χ1v) is 7.95. The van der Waals surface area contributed by atoms with E-state index in [0.717, 1.165) is 12.8 Å². The highest BCUT2D eigenvalue weighted by atomic mass is 17.1. The van der Waals surface area contributed by atoms with Gasteiger partial charge >= 0.3 is 5.97 Å². The maximum atomic E-state index is 10.3. The fourth-order valence-corrected chi connectivity index (χ4v) is 2.24. The van der Waals surface area contributed by atoms with Gasteiger partial charge < -0.3 is 21.0 Å². The molecule has 0 aliphatic rings. The van der Waals surface area contributed by atoms with E-state index in [1.54, 1.807) is 0 Å². The molecule has 0 aromatic rings. The van der Waals surface area contributed by atoms with Gasteiger partial charge in [-0.25, -0.2) is 0 Å². The lowest BCUT2D eigenvalue weighted by Crippen LogP contribution is -2.19. The topological polar surface area (TPSA) is 119 Å². The van der Waals surface area contributed by atoms with E-state index in [-0.39, 0.29) is 24.0 Å². The molecule has 0 bridgehead atoms. The van der Waals surface area contributed by atoms with Gasteiger partial charge in [-0.2, -0.15) is 5.26 Å². The van der Waals surface area contributed by atoms with Crippen molar-refractivity contribution in [2.75, 3.05) is 6.54 Å². The van der Waals surface area contributed by atoms with Crippen LogP contribution in [0.2, 0.25) is 0 Å². The van der Waals surface area contributed by atoms with Crippen molar-refractivity contribution in [1.82, 2.24) is 0 Å². The maximum Gasteiger partial charge on any atom is 0.303 e. The van der Waals surface area contributed by atoms with Crippen LogP contribution in [0.3, 0.4) is 0 Å². The highest BCUT2D eigenvalue weighted by molar-refractivity contribution is 5.67. The first-order valence-electron chi connectivity index (χ1n) is 7.95. The molecule has 0 heterocycles. The van der Waals surface area contributed by atoms with Crippen LogP contribution in [0, 0.1) is 35.0 Å². The molecule has 0 fully saturated rings. The van der Waals surface area contributed by atoms with Gasteiger partial charge in [0.2, 0.25) is 0 Å². The second-order valence-electron chi connectivity index (χ2n) is 6.61. The summed E-state index contributed by atoms with van der Waals surface area (Å²) in [5, 5.41) is 27.0. The average molecular weight is 327 g/mol. The predicted molar refractivity (Wildman–Crippen MR) is 87.7 cm³/mol. The van der Waals surface area contributed by atoms with Crippen LogP contribution in [0.5, 0.6) is 0 Å². The summed E-state index contributed by atoms with van der Waals surface area (Å²) < 4.78 is 0. The average Bonchev–Trinajstić information content (AvgIpc) is 2.44. The lowest BCUT2D eigenvalue weighted by Gasteiger charge is -2.15. The highest BCUT2D eigenvalue weighted by Gasteiger charge is 2.12. The van der Waals surface area contributed by atoms with Gasteiger partial charge in [0.25, 0.3) is 0 Å². The van der Waals surface area contributed by atoms with E-state index in [1.165, 1.54) is 0 Å². The summed E-state index contributed by atoms with van der Waals surface area (Å²) in [4.78, 5) is 14.0. The van der Waals surface area contributed by atoms with E-state index in [2.05, 4.69) is 31.4 Å². The summed E-state index contributed by atoms with van der Waals surface area (Å²) in [5.41, 5.74) is 5.41. The third-order valence-corrected chi connectivity index (χ3v) is 3.13. The van der Waals surface area contributed by atoms with Crippen LogP contribution in [0.25, 0.3) is 0 Å². The number of carboxylic acid groups (broad SMARTS) is 1. The minimum Gasteiger partial charge on any atom is -0.664 e. The number of hydrogen-bond donors (Lipinski definition) is 2. The van der Waals surface area contributed by atoms with Gasteiger partial charge in [0, 0.05) is 12.8 Å². The van der Waals surface area contributed by atoms with Crippen LogP contribution in [0.4, 0.5) is 0 Å². The minimum atomic E-state index is -0.749. The summed E-state index contributed by atoms with van der Waals surface area (Å²) >= 11 is 0. The second-order valence-corrected chi connectivity index (χ2v) is 6.61. The highest BCUT2D eigenvalue weighted by Crippen LogP contribution is 2.17. The van der Waals surface area contributed by atoms with Crippen molar-refractivity contribution >= 4 is 5.97 Å². The van der Waals surface area contributed by atoms with Gasteiger partial charge in [-0.1, -0.05) is 34.3 Å². The number of rotatable bonds is 10. The molecule has 0 saturated carbocycles. The Morgan fingerprint density at radius 2 is 1.78 bits per heavy atom. The zero-order valence-electron chi connectivity index (χ0n) is 14.7. The number of nitrogens with zero attached hydrogens (tertiary/aromatic N) is 1. The van der Waals surface area contributed by atoms with E-state index < -0.39 is 5.97 Å². The molecule has 0 aromatic heterocycles. The molecular weight excluding hydrogens is 296 g/mol. The van der Waals surface area contributed by atoms with Crippen molar-refractivity contribution in [3.8, 4) is 6.07 Å². The number of carbonyl (C=O) groups is 1. The number of hydrogen-bond acceptors (Lipinski definition) is 5. The van der Waals surface area contributed by atoms with Gasteiger partial charge in [0.1, 0.15) is 0 Å². The molecule has 0 aromatic carbocycles. The molecule has 0 spiro atoms. The van der Waals surface area contributed by atoms with Crippen LogP contribution < -0.4 is 11.0 Å². The van der Waals surface area contributed by atoms with Crippen molar-refractivity contribution in [3.63, 3.8) is 0 Å². The first kappa shape index (κ1) is 23.7. The predicted octanol–water partition coefficient (Wildman–Crippen LogP) is 2.45. The molecule has 134 valence electrons. The second kappa shape index (κ2) is 14.0.